The van der Waals surface area contributed by atoms with Crippen LogP contribution in [0.1, 0.15) is 48.0 Å². The molecule has 0 bridgehead atoms. The van der Waals surface area contributed by atoms with Gasteiger partial charge in [-0.05, 0) is 99.9 Å². The van der Waals surface area contributed by atoms with E-state index in [2.05, 4.69) is 0 Å². The lowest BCUT2D eigenvalue weighted by Gasteiger charge is -2.26. The normalized spacial score (nSPS) is 19.4. The highest BCUT2D eigenvalue weighted by Gasteiger charge is 2.24. The highest BCUT2D eigenvalue weighted by Crippen LogP contribution is 2.48. The monoisotopic (exact) mass is 854 g/mol. The maximum absolute atomic E-state index is 10.0. The van der Waals surface area contributed by atoms with Gasteiger partial charge in [-0.15, -0.1) is 0 Å². The van der Waals surface area contributed by atoms with Crippen molar-refractivity contribution in [3.63, 3.8) is 0 Å². The minimum absolute atomic E-state index is 0.188. The van der Waals surface area contributed by atoms with Gasteiger partial charge in [0.1, 0.15) is 33.5 Å². The smallest absolute Gasteiger partial charge is 0.144 e. The van der Waals surface area contributed by atoms with Crippen LogP contribution in [0.3, 0.4) is 0 Å². The SMILES string of the molecule is [2H]c1cc2c(oc3c([2H])c([2H])c([2H])c([2H])c32)c(-c2c3oc4c([2H])c([2H])c(-c5c([2H])c([2H])c(N(c6cc([2H])c(-c7c([2H])c([2H])c([2H])c([2H])c7[2H])c([2H])c6[2H])c6c([2H])c([2H])c(-c7c([2H])c([2H])c([2H])c([2H])c7[2H])c([2H])c6[2H])c([2H])c5[2H])c([2H])c4c3c([2H])c3oc4c([2H])c([2H])c([2H])c([2H])c4c23)c1[2H]. The molecule has 0 N–H and O–H groups in total. The van der Waals surface area contributed by atoms with E-state index >= 15 is 0 Å². The van der Waals surface area contributed by atoms with Crippen molar-refractivity contribution in [2.24, 2.45) is 0 Å². The Morgan fingerprint density at radius 1 is 0.312 bits per heavy atom. The van der Waals surface area contributed by atoms with E-state index in [1.165, 1.54) is 0 Å². The summed E-state index contributed by atoms with van der Waals surface area (Å²) in [6, 6.07) is -32.0. The highest BCUT2D eigenvalue weighted by atomic mass is 16.3. The lowest BCUT2D eigenvalue weighted by molar-refractivity contribution is 0.662. The topological polar surface area (TPSA) is 42.7 Å². The Labute approximate surface area is 417 Å². The predicted octanol–water partition coefficient (Wildman–Crippen LogP) is 17.5. The van der Waals surface area contributed by atoms with E-state index in [1.54, 1.807) is 0 Å². The molecule has 3 heterocycles. The fourth-order valence-corrected chi connectivity index (χ4v) is 7.30. The molecule has 0 radical (unpaired) electrons. The summed E-state index contributed by atoms with van der Waals surface area (Å²) >= 11 is 0. The number of rotatable bonds is 7. The molecule has 0 aliphatic carbocycles. The molecule has 4 heteroatoms. The van der Waals surface area contributed by atoms with Gasteiger partial charge in [0, 0.05) is 60.5 Å². The zero-order chi connectivity index (χ0) is 72.6. The molecule has 0 saturated heterocycles. The highest BCUT2D eigenvalue weighted by molar-refractivity contribution is 6.26. The second-order valence-corrected chi connectivity index (χ2v) is 13.7. The van der Waals surface area contributed by atoms with E-state index in [-0.39, 0.29) is 10.8 Å². The van der Waals surface area contributed by atoms with Crippen LogP contribution in [-0.2, 0) is 0 Å². The molecule has 3 aromatic heterocycles. The van der Waals surface area contributed by atoms with Gasteiger partial charge < -0.3 is 18.2 Å². The Bertz CT molecular complexity index is 5890. The predicted molar refractivity (Wildman–Crippen MR) is 265 cm³/mol. The summed E-state index contributed by atoms with van der Waals surface area (Å²) in [6.07, 6.45) is 0. The van der Waals surface area contributed by atoms with Crippen LogP contribution < -0.4 is 4.90 Å². The summed E-state index contributed by atoms with van der Waals surface area (Å²) in [5.74, 6) is 0. The molecule has 13 rings (SSSR count). The molecule has 13 aromatic rings. The molecular formula is C60H37NO3. The molecule has 0 aliphatic heterocycles. The van der Waals surface area contributed by atoms with Gasteiger partial charge in [0.05, 0.1) is 48.0 Å². The number of para-hydroxylation sites is 3. The summed E-state index contributed by atoms with van der Waals surface area (Å²) < 4.78 is 335. The Morgan fingerprint density at radius 2 is 0.844 bits per heavy atom. The molecule has 64 heavy (non-hydrogen) atoms. The van der Waals surface area contributed by atoms with Crippen LogP contribution in [0.25, 0.3) is 110 Å². The zero-order valence-corrected chi connectivity index (χ0v) is 31.8. The van der Waals surface area contributed by atoms with E-state index in [0.29, 0.717) is 11.0 Å². The Balaban J connectivity index is 1.14. The molecule has 0 unspecified atom stereocenters. The number of anilines is 3. The molecule has 10 aromatic carbocycles. The van der Waals surface area contributed by atoms with Crippen LogP contribution in [0.2, 0.25) is 0 Å². The van der Waals surface area contributed by atoms with Crippen LogP contribution in [0.4, 0.5) is 17.1 Å². The van der Waals surface area contributed by atoms with Gasteiger partial charge in [0.15, 0.2) is 0 Å². The van der Waals surface area contributed by atoms with Gasteiger partial charge in [-0.2, -0.15) is 0 Å². The summed E-state index contributed by atoms with van der Waals surface area (Å²) in [5.41, 5.74) is -12.8. The van der Waals surface area contributed by atoms with Crippen molar-refractivity contribution in [2.75, 3.05) is 4.90 Å². The van der Waals surface area contributed by atoms with E-state index in [9.17, 15) is 21.9 Å². The Morgan fingerprint density at radius 3 is 1.55 bits per heavy atom. The molecule has 0 spiro atoms. The summed E-state index contributed by atoms with van der Waals surface area (Å²) in [7, 11) is 0. The molecule has 0 saturated carbocycles. The first kappa shape index (κ1) is 15.6. The van der Waals surface area contributed by atoms with Crippen molar-refractivity contribution in [3.8, 4) is 44.5 Å². The van der Waals surface area contributed by atoms with Crippen molar-refractivity contribution in [1.29, 1.82) is 0 Å². The van der Waals surface area contributed by atoms with E-state index in [1.807, 2.05) is 0 Å². The first-order valence-electron chi connectivity index (χ1n) is 36.3. The Kier molecular flexibility index (Phi) is 3.54. The van der Waals surface area contributed by atoms with Gasteiger partial charge in [-0.3, -0.25) is 0 Å². The average molecular weight is 855 g/mol. The molecule has 0 aliphatic rings. The average Bonchev–Trinajstić information content (AvgIpc) is 1.56. The minimum Gasteiger partial charge on any atom is -0.456 e. The number of fused-ring (bicyclic) bond motifs is 9. The lowest BCUT2D eigenvalue weighted by atomic mass is 9.94. The first-order valence-corrected chi connectivity index (χ1v) is 18.8. The largest absolute Gasteiger partial charge is 0.456 e. The van der Waals surface area contributed by atoms with Crippen LogP contribution in [0.15, 0.2) is 237 Å². The van der Waals surface area contributed by atoms with Crippen LogP contribution in [-0.4, -0.2) is 0 Å². The minimum atomic E-state index is -1.30. The maximum Gasteiger partial charge on any atom is 0.144 e. The number of nitrogens with zero attached hydrogens (tertiary/aromatic N) is 1. The van der Waals surface area contributed by atoms with E-state index in [0.717, 1.165) is 6.07 Å². The number of benzene rings is 10. The number of hydrogen-bond acceptors (Lipinski definition) is 4. The Hall–Kier alpha value is -8.60. The molecule has 0 atom stereocenters. The molecular weight excluding hydrogens is 783 g/mol. The fourth-order valence-electron chi connectivity index (χ4n) is 7.30. The fraction of sp³-hybridized carbons (Fsp3) is 0. The molecule has 4 nitrogen and oxygen atoms in total. The van der Waals surface area contributed by atoms with Crippen molar-refractivity contribution in [2.45, 2.75) is 0 Å². The van der Waals surface area contributed by atoms with Gasteiger partial charge in [-0.25, -0.2) is 0 Å². The quantitative estimate of drug-likeness (QED) is 0.160. The van der Waals surface area contributed by atoms with Crippen LogP contribution >= 0.6 is 0 Å². The summed E-state index contributed by atoms with van der Waals surface area (Å²) in [4.78, 5) is 0.399. The van der Waals surface area contributed by atoms with Gasteiger partial charge >= 0.3 is 0 Å². The van der Waals surface area contributed by atoms with Crippen molar-refractivity contribution >= 4 is 82.9 Å². The first-order chi connectivity index (χ1) is 46.3. The van der Waals surface area contributed by atoms with E-state index < -0.39 is 328 Å². The lowest BCUT2D eigenvalue weighted by Crippen LogP contribution is -2.09. The second-order valence-electron chi connectivity index (χ2n) is 13.7. The zero-order valence-electron chi connectivity index (χ0n) is 66.8. The standard InChI is InChI=1S/C60H37NO3/c1-3-12-38(13-4-1)40-22-29-44(30-23-40)61(45-31-24-41(25-32-45)39-14-5-2-6-15-39)46-33-26-42(27-34-46)43-28-35-55-51(36-43)52-37-56-57(49-17-8-10-21-54(49)62-56)58(60(52)64-55)50-19-11-18-48-47-16-7-9-20-53(47)63-59(48)50/h1-37H/i1D,2D,3D,4D,5D,6D,7D,8D,9D,10D,11D,12D,13D,14D,15D,16D,17D,19D,20D,21D,22D,23D,24D,25D,26D,27D,28D,29D,30D,31D,33D,34D,35D,36D,37D. The van der Waals surface area contributed by atoms with Crippen molar-refractivity contribution < 1.29 is 61.2 Å². The van der Waals surface area contributed by atoms with Crippen LogP contribution in [0, 0.1) is 0 Å². The number of furan rings is 3. The summed E-state index contributed by atoms with van der Waals surface area (Å²) in [5, 5.41) is -2.54. The maximum atomic E-state index is 10.0. The van der Waals surface area contributed by atoms with Crippen molar-refractivity contribution in [1.82, 2.24) is 0 Å². The van der Waals surface area contributed by atoms with Gasteiger partial charge in [0.2, 0.25) is 0 Å². The third-order valence-electron chi connectivity index (χ3n) is 10.1. The summed E-state index contributed by atoms with van der Waals surface area (Å²) in [6.45, 7) is 0. The van der Waals surface area contributed by atoms with Crippen LogP contribution in [0.5, 0.6) is 0 Å². The van der Waals surface area contributed by atoms with Gasteiger partial charge in [0.25, 0.3) is 0 Å². The number of hydrogen-bond donors (Lipinski definition) is 0. The molecule has 300 valence electrons. The third kappa shape index (κ3) is 5.84. The van der Waals surface area contributed by atoms with E-state index in [4.69, 9.17) is 39.3 Å². The molecule has 0 amide bonds. The second kappa shape index (κ2) is 14.5. The third-order valence-corrected chi connectivity index (χ3v) is 10.1. The van der Waals surface area contributed by atoms with Crippen molar-refractivity contribution in [3.05, 3.63) is 224 Å². The van der Waals surface area contributed by atoms with Gasteiger partial charge in [-0.1, -0.05) is 157 Å². The molecule has 0 fully saturated rings.